The van der Waals surface area contributed by atoms with Gasteiger partial charge in [0, 0.05) is 6.54 Å². The van der Waals surface area contributed by atoms with Crippen molar-refractivity contribution in [3.05, 3.63) is 54.0 Å². The highest BCUT2D eigenvalue weighted by atomic mass is 16.1. The highest BCUT2D eigenvalue weighted by Gasteiger charge is 2.07. The number of carbonyl (C=O) groups excluding carboxylic acids is 1. The lowest BCUT2D eigenvalue weighted by molar-refractivity contribution is 0.0945. The minimum atomic E-state index is -0.269. The Morgan fingerprint density at radius 2 is 1.94 bits per heavy atom. The molecule has 0 bridgehead atoms. The number of carbonyl (C=O) groups is 1. The fraction of sp³-hybridized carbons (Fsp3) is 0.0833. The third kappa shape index (κ3) is 3.02. The van der Waals surface area contributed by atoms with E-state index in [-0.39, 0.29) is 11.6 Å². The van der Waals surface area contributed by atoms with Crippen LogP contribution in [0, 0.1) is 0 Å². The monoisotopic (exact) mass is 243 g/mol. The number of nitrogens with zero attached hydrogens (tertiary/aromatic N) is 2. The molecule has 6 heteroatoms. The molecule has 0 unspecified atom stereocenters. The molecule has 2 rings (SSSR count). The van der Waals surface area contributed by atoms with Crippen LogP contribution in [0.5, 0.6) is 0 Å². The van der Waals surface area contributed by atoms with E-state index in [0.29, 0.717) is 12.4 Å². The molecule has 0 aliphatic carbocycles. The Morgan fingerprint density at radius 3 is 2.56 bits per heavy atom. The summed E-state index contributed by atoms with van der Waals surface area (Å²) in [7, 11) is 0. The molecule has 0 saturated heterocycles. The predicted octanol–water partition coefficient (Wildman–Crippen LogP) is 0.692. The van der Waals surface area contributed by atoms with Crippen LogP contribution in [0.3, 0.4) is 0 Å². The number of hydrogen-bond acceptors (Lipinski definition) is 5. The number of nitrogens with two attached hydrogens (primary N) is 1. The van der Waals surface area contributed by atoms with Gasteiger partial charge in [0.1, 0.15) is 5.69 Å². The van der Waals surface area contributed by atoms with Gasteiger partial charge in [-0.25, -0.2) is 15.8 Å². The molecule has 1 heterocycles. The largest absolute Gasteiger partial charge is 0.347 e. The van der Waals surface area contributed by atoms with E-state index in [2.05, 4.69) is 20.7 Å². The first-order chi connectivity index (χ1) is 8.79. The number of rotatable bonds is 4. The normalized spacial score (nSPS) is 9.83. The number of anilines is 1. The highest BCUT2D eigenvalue weighted by Crippen LogP contribution is 2.01. The summed E-state index contributed by atoms with van der Waals surface area (Å²) < 4.78 is 0. The first kappa shape index (κ1) is 12.0. The van der Waals surface area contributed by atoms with Gasteiger partial charge in [-0.15, -0.1) is 0 Å². The Kier molecular flexibility index (Phi) is 3.83. The lowest BCUT2D eigenvalue weighted by Crippen LogP contribution is -2.24. The molecule has 0 saturated carbocycles. The van der Waals surface area contributed by atoms with Crippen LogP contribution in [0.25, 0.3) is 0 Å². The van der Waals surface area contributed by atoms with E-state index in [0.717, 1.165) is 5.56 Å². The maximum atomic E-state index is 11.8. The lowest BCUT2D eigenvalue weighted by Gasteiger charge is -2.05. The second kappa shape index (κ2) is 5.74. The molecule has 92 valence electrons. The van der Waals surface area contributed by atoms with E-state index >= 15 is 0 Å². The Labute approximate surface area is 104 Å². The first-order valence-corrected chi connectivity index (χ1v) is 5.40. The molecule has 0 aliphatic rings. The van der Waals surface area contributed by atoms with Crippen molar-refractivity contribution in [2.45, 2.75) is 6.54 Å². The summed E-state index contributed by atoms with van der Waals surface area (Å²) in [6.45, 7) is 0.457. The standard InChI is InChI=1S/C12H13N5O/c13-17-11-8-14-10(7-15-11)12(18)16-6-9-4-2-1-3-5-9/h1-5,7-8H,6,13H2,(H,15,17)(H,16,18). The molecule has 6 nitrogen and oxygen atoms in total. The van der Waals surface area contributed by atoms with Crippen LogP contribution < -0.4 is 16.6 Å². The molecule has 0 spiro atoms. The third-order valence-corrected chi connectivity index (χ3v) is 2.33. The van der Waals surface area contributed by atoms with Crippen LogP contribution in [-0.2, 0) is 6.54 Å². The molecule has 0 aliphatic heterocycles. The molecule has 1 aromatic carbocycles. The lowest BCUT2D eigenvalue weighted by atomic mass is 10.2. The average Bonchev–Trinajstić information content (AvgIpc) is 2.46. The number of nitrogens with one attached hydrogen (secondary N) is 2. The minimum Gasteiger partial charge on any atom is -0.347 e. The zero-order valence-corrected chi connectivity index (χ0v) is 9.63. The van der Waals surface area contributed by atoms with Crippen molar-refractivity contribution in [1.29, 1.82) is 0 Å². The molecule has 4 N–H and O–H groups in total. The van der Waals surface area contributed by atoms with Gasteiger partial charge in [-0.2, -0.15) is 0 Å². The minimum absolute atomic E-state index is 0.255. The van der Waals surface area contributed by atoms with E-state index < -0.39 is 0 Å². The molecule has 1 aromatic heterocycles. The van der Waals surface area contributed by atoms with E-state index in [1.807, 2.05) is 30.3 Å². The SMILES string of the molecule is NNc1cnc(C(=O)NCc2ccccc2)cn1. The van der Waals surface area contributed by atoms with E-state index in [4.69, 9.17) is 5.84 Å². The van der Waals surface area contributed by atoms with Crippen LogP contribution in [-0.4, -0.2) is 15.9 Å². The van der Waals surface area contributed by atoms with Gasteiger partial charge < -0.3 is 10.7 Å². The Bertz CT molecular complexity index is 512. The zero-order valence-electron chi connectivity index (χ0n) is 9.63. The van der Waals surface area contributed by atoms with Crippen LogP contribution in [0.15, 0.2) is 42.7 Å². The van der Waals surface area contributed by atoms with Crippen LogP contribution in [0.1, 0.15) is 16.1 Å². The maximum absolute atomic E-state index is 11.8. The van der Waals surface area contributed by atoms with Gasteiger partial charge >= 0.3 is 0 Å². The number of benzene rings is 1. The van der Waals surface area contributed by atoms with Gasteiger partial charge in [0.25, 0.3) is 5.91 Å². The summed E-state index contributed by atoms with van der Waals surface area (Å²) in [4.78, 5) is 19.6. The molecule has 18 heavy (non-hydrogen) atoms. The van der Waals surface area contributed by atoms with Crippen molar-refractivity contribution in [1.82, 2.24) is 15.3 Å². The summed E-state index contributed by atoms with van der Waals surface area (Å²) in [6.07, 6.45) is 2.77. The van der Waals surface area contributed by atoms with Crippen molar-refractivity contribution in [3.8, 4) is 0 Å². The Hall–Kier alpha value is -2.47. The number of amides is 1. The summed E-state index contributed by atoms with van der Waals surface area (Å²) in [6, 6.07) is 9.64. The number of hydrogen-bond donors (Lipinski definition) is 3. The smallest absolute Gasteiger partial charge is 0.271 e. The molecule has 0 radical (unpaired) electrons. The second-order valence-corrected chi connectivity index (χ2v) is 3.60. The highest BCUT2D eigenvalue weighted by molar-refractivity contribution is 5.91. The van der Waals surface area contributed by atoms with E-state index in [1.165, 1.54) is 12.4 Å². The van der Waals surface area contributed by atoms with Gasteiger partial charge in [0.2, 0.25) is 0 Å². The van der Waals surface area contributed by atoms with E-state index in [1.54, 1.807) is 0 Å². The first-order valence-electron chi connectivity index (χ1n) is 5.40. The summed E-state index contributed by atoms with van der Waals surface area (Å²) >= 11 is 0. The van der Waals surface area contributed by atoms with Crippen molar-refractivity contribution >= 4 is 11.7 Å². The molecule has 1 amide bonds. The van der Waals surface area contributed by atoms with Gasteiger partial charge in [0.15, 0.2) is 5.82 Å². The van der Waals surface area contributed by atoms with Crippen molar-refractivity contribution in [3.63, 3.8) is 0 Å². The molecular formula is C12H13N5O. The van der Waals surface area contributed by atoms with E-state index in [9.17, 15) is 4.79 Å². The number of aromatic nitrogens is 2. The second-order valence-electron chi connectivity index (χ2n) is 3.60. The topological polar surface area (TPSA) is 92.9 Å². The van der Waals surface area contributed by atoms with Crippen molar-refractivity contribution < 1.29 is 4.79 Å². The summed E-state index contributed by atoms with van der Waals surface area (Å²) in [5, 5.41) is 2.76. The Morgan fingerprint density at radius 1 is 1.17 bits per heavy atom. The third-order valence-electron chi connectivity index (χ3n) is 2.33. The number of hydrazine groups is 1. The van der Waals surface area contributed by atoms with Crippen LogP contribution >= 0.6 is 0 Å². The molecular weight excluding hydrogens is 230 g/mol. The summed E-state index contributed by atoms with van der Waals surface area (Å²) in [5.74, 6) is 5.30. The fourth-order valence-electron chi connectivity index (χ4n) is 1.39. The molecule has 0 atom stereocenters. The predicted molar refractivity (Wildman–Crippen MR) is 67.5 cm³/mol. The quantitative estimate of drug-likeness (QED) is 0.542. The van der Waals surface area contributed by atoms with Gasteiger partial charge in [0.05, 0.1) is 12.4 Å². The fourth-order valence-corrected chi connectivity index (χ4v) is 1.39. The van der Waals surface area contributed by atoms with Gasteiger partial charge in [-0.1, -0.05) is 30.3 Å². The maximum Gasteiger partial charge on any atom is 0.271 e. The van der Waals surface area contributed by atoms with Gasteiger partial charge in [-0.3, -0.25) is 4.79 Å². The van der Waals surface area contributed by atoms with Crippen molar-refractivity contribution in [2.24, 2.45) is 5.84 Å². The molecule has 0 fully saturated rings. The summed E-state index contributed by atoms with van der Waals surface area (Å²) in [5.41, 5.74) is 3.63. The van der Waals surface area contributed by atoms with Crippen LogP contribution in [0.4, 0.5) is 5.82 Å². The van der Waals surface area contributed by atoms with Crippen LogP contribution in [0.2, 0.25) is 0 Å². The number of nitrogen functional groups attached to an aromatic ring is 1. The average molecular weight is 243 g/mol. The van der Waals surface area contributed by atoms with Crippen molar-refractivity contribution in [2.75, 3.05) is 5.43 Å². The zero-order chi connectivity index (χ0) is 12.8. The Balaban J connectivity index is 1.95. The van der Waals surface area contributed by atoms with Gasteiger partial charge in [-0.05, 0) is 5.56 Å². The molecule has 2 aromatic rings.